The van der Waals surface area contributed by atoms with Crippen molar-refractivity contribution in [3.63, 3.8) is 0 Å². The summed E-state index contributed by atoms with van der Waals surface area (Å²) in [6.07, 6.45) is 1.47. The molecule has 0 bridgehead atoms. The Morgan fingerprint density at radius 1 is 1.06 bits per heavy atom. The highest BCUT2D eigenvalue weighted by Crippen LogP contribution is 2.28. The van der Waals surface area contributed by atoms with Crippen molar-refractivity contribution in [1.82, 2.24) is 4.90 Å². The van der Waals surface area contributed by atoms with E-state index >= 15 is 0 Å². The van der Waals surface area contributed by atoms with E-state index in [9.17, 15) is 18.8 Å². The summed E-state index contributed by atoms with van der Waals surface area (Å²) < 4.78 is 13.4. The molecule has 1 aliphatic heterocycles. The van der Waals surface area contributed by atoms with E-state index < -0.39 is 11.7 Å². The minimum Gasteiger partial charge on any atom is -0.338 e. The molecule has 1 aromatic heterocycles. The number of benzene rings is 2. The van der Waals surface area contributed by atoms with Gasteiger partial charge in [0.25, 0.3) is 11.8 Å². The van der Waals surface area contributed by atoms with Gasteiger partial charge in [-0.1, -0.05) is 18.2 Å². The zero-order chi connectivity index (χ0) is 22.7. The first kappa shape index (κ1) is 21.7. The van der Waals surface area contributed by atoms with Crippen LogP contribution in [-0.4, -0.2) is 29.2 Å². The molecule has 1 fully saturated rings. The third kappa shape index (κ3) is 5.03. The van der Waals surface area contributed by atoms with Crippen molar-refractivity contribution in [2.75, 3.05) is 17.2 Å². The van der Waals surface area contributed by atoms with Crippen LogP contribution < -0.4 is 10.6 Å². The third-order valence-corrected chi connectivity index (χ3v) is 6.33. The lowest BCUT2D eigenvalue weighted by Crippen LogP contribution is -2.23. The molecule has 2 heterocycles. The van der Waals surface area contributed by atoms with E-state index in [1.807, 2.05) is 23.1 Å². The van der Waals surface area contributed by atoms with E-state index in [2.05, 4.69) is 10.6 Å². The van der Waals surface area contributed by atoms with Crippen molar-refractivity contribution in [3.05, 3.63) is 82.0 Å². The zero-order valence-corrected chi connectivity index (χ0v) is 18.3. The molecule has 4 rings (SSSR count). The lowest BCUT2D eigenvalue weighted by molar-refractivity contribution is -0.128. The number of halogens is 1. The number of hydrogen-bond acceptors (Lipinski definition) is 4. The van der Waals surface area contributed by atoms with Crippen LogP contribution in [0.2, 0.25) is 0 Å². The van der Waals surface area contributed by atoms with Gasteiger partial charge in [0, 0.05) is 30.8 Å². The summed E-state index contributed by atoms with van der Waals surface area (Å²) in [6, 6.07) is 14.6. The van der Waals surface area contributed by atoms with Crippen molar-refractivity contribution in [2.24, 2.45) is 0 Å². The summed E-state index contributed by atoms with van der Waals surface area (Å²) >= 11 is 1.15. The van der Waals surface area contributed by atoms with E-state index in [0.29, 0.717) is 28.5 Å². The number of carbonyl (C=O) groups is 3. The normalized spacial score (nSPS) is 13.3. The molecule has 2 aromatic carbocycles. The number of nitrogens with zero attached hydrogens (tertiary/aromatic N) is 1. The maximum Gasteiger partial charge on any atom is 0.266 e. The maximum absolute atomic E-state index is 13.4. The number of likely N-dealkylation sites (tertiary alicyclic amines) is 1. The smallest absolute Gasteiger partial charge is 0.266 e. The third-order valence-electron chi connectivity index (χ3n) is 5.18. The van der Waals surface area contributed by atoms with Gasteiger partial charge < -0.3 is 15.5 Å². The number of carbonyl (C=O) groups excluding carboxylic acids is 3. The number of rotatable bonds is 6. The minimum atomic E-state index is -0.489. The highest BCUT2D eigenvalue weighted by atomic mass is 32.1. The number of thiophene rings is 1. The molecule has 0 radical (unpaired) electrons. The standard InChI is InChI=1S/C24H22FN3O3S/c1-15-11-20(27-23(30)17-6-3-7-18(25)13-17)32-22(15)24(31)26-19-8-2-5-16(12-19)14-28-10-4-9-21(28)29/h2-3,5-8,11-13H,4,9-10,14H2,1H3,(H,26,31)(H,27,30). The summed E-state index contributed by atoms with van der Waals surface area (Å²) in [4.78, 5) is 39.3. The van der Waals surface area contributed by atoms with Crippen LogP contribution in [0.25, 0.3) is 0 Å². The first-order valence-electron chi connectivity index (χ1n) is 10.2. The molecule has 3 aromatic rings. The Bertz CT molecular complexity index is 1190. The molecule has 3 amide bonds. The molecule has 6 nitrogen and oxygen atoms in total. The molecule has 32 heavy (non-hydrogen) atoms. The lowest BCUT2D eigenvalue weighted by Gasteiger charge is -2.16. The molecular weight excluding hydrogens is 429 g/mol. The molecule has 0 spiro atoms. The van der Waals surface area contributed by atoms with E-state index in [1.54, 1.807) is 19.1 Å². The van der Waals surface area contributed by atoms with Gasteiger partial charge in [0.15, 0.2) is 0 Å². The van der Waals surface area contributed by atoms with Crippen LogP contribution in [0.3, 0.4) is 0 Å². The predicted molar refractivity (Wildman–Crippen MR) is 122 cm³/mol. The highest BCUT2D eigenvalue weighted by Gasteiger charge is 2.20. The second-order valence-corrected chi connectivity index (χ2v) is 8.71. The maximum atomic E-state index is 13.4. The molecule has 164 valence electrons. The topological polar surface area (TPSA) is 78.5 Å². The van der Waals surface area contributed by atoms with Gasteiger partial charge >= 0.3 is 0 Å². The zero-order valence-electron chi connectivity index (χ0n) is 17.5. The van der Waals surface area contributed by atoms with Gasteiger partial charge in [0.05, 0.1) is 9.88 Å². The molecule has 0 unspecified atom stereocenters. The SMILES string of the molecule is Cc1cc(NC(=O)c2cccc(F)c2)sc1C(=O)Nc1cccc(CN2CCCC2=O)c1. The van der Waals surface area contributed by atoms with Gasteiger partial charge in [-0.15, -0.1) is 11.3 Å². The number of nitrogens with one attached hydrogen (secondary N) is 2. The van der Waals surface area contributed by atoms with Crippen LogP contribution >= 0.6 is 11.3 Å². The number of anilines is 2. The summed E-state index contributed by atoms with van der Waals surface area (Å²) in [7, 11) is 0. The van der Waals surface area contributed by atoms with Crippen molar-refractivity contribution < 1.29 is 18.8 Å². The Morgan fingerprint density at radius 3 is 2.62 bits per heavy atom. The molecule has 1 saturated heterocycles. The first-order chi connectivity index (χ1) is 15.4. The van der Waals surface area contributed by atoms with Crippen LogP contribution in [0.1, 0.15) is 44.0 Å². The van der Waals surface area contributed by atoms with Crippen molar-refractivity contribution in [2.45, 2.75) is 26.3 Å². The Kier molecular flexibility index (Phi) is 6.32. The highest BCUT2D eigenvalue weighted by molar-refractivity contribution is 7.18. The number of amides is 3. The minimum absolute atomic E-state index is 0.154. The van der Waals surface area contributed by atoms with Gasteiger partial charge in [-0.3, -0.25) is 14.4 Å². The average Bonchev–Trinajstić information content (AvgIpc) is 3.33. The van der Waals surface area contributed by atoms with Gasteiger partial charge in [-0.25, -0.2) is 4.39 Å². The Morgan fingerprint density at radius 2 is 1.88 bits per heavy atom. The van der Waals surface area contributed by atoms with Crippen LogP contribution in [0.5, 0.6) is 0 Å². The van der Waals surface area contributed by atoms with Gasteiger partial charge in [-0.05, 0) is 60.9 Å². The van der Waals surface area contributed by atoms with E-state index in [-0.39, 0.29) is 17.4 Å². The fourth-order valence-electron chi connectivity index (χ4n) is 3.61. The van der Waals surface area contributed by atoms with E-state index in [4.69, 9.17) is 0 Å². The monoisotopic (exact) mass is 451 g/mol. The molecule has 8 heteroatoms. The predicted octanol–water partition coefficient (Wildman–Crippen LogP) is 4.82. The second kappa shape index (κ2) is 9.32. The van der Waals surface area contributed by atoms with Crippen LogP contribution in [0.15, 0.2) is 54.6 Å². The number of hydrogen-bond donors (Lipinski definition) is 2. The Balaban J connectivity index is 1.43. The summed E-state index contributed by atoms with van der Waals surface area (Å²) in [5, 5.41) is 6.10. The van der Waals surface area contributed by atoms with Crippen LogP contribution in [-0.2, 0) is 11.3 Å². The summed E-state index contributed by atoms with van der Waals surface area (Å²) in [5.41, 5.74) is 2.51. The number of aryl methyl sites for hydroxylation is 1. The van der Waals surface area contributed by atoms with Crippen molar-refractivity contribution in [3.8, 4) is 0 Å². The molecule has 1 aliphatic rings. The van der Waals surface area contributed by atoms with E-state index in [1.165, 1.54) is 18.2 Å². The van der Waals surface area contributed by atoms with Crippen molar-refractivity contribution >= 4 is 39.7 Å². The van der Waals surface area contributed by atoms with Crippen molar-refractivity contribution in [1.29, 1.82) is 0 Å². The van der Waals surface area contributed by atoms with Gasteiger partial charge in [-0.2, -0.15) is 0 Å². The van der Waals surface area contributed by atoms with Gasteiger partial charge in [0.2, 0.25) is 5.91 Å². The second-order valence-electron chi connectivity index (χ2n) is 7.66. The van der Waals surface area contributed by atoms with Crippen LogP contribution in [0.4, 0.5) is 15.1 Å². The Hall–Kier alpha value is -3.52. The first-order valence-corrected chi connectivity index (χ1v) is 11.1. The van der Waals surface area contributed by atoms with Gasteiger partial charge in [0.1, 0.15) is 5.82 Å². The molecule has 2 N–H and O–H groups in total. The summed E-state index contributed by atoms with van der Waals surface area (Å²) in [5.74, 6) is -1.06. The molecular formula is C24H22FN3O3S. The fourth-order valence-corrected chi connectivity index (χ4v) is 4.57. The largest absolute Gasteiger partial charge is 0.338 e. The summed E-state index contributed by atoms with van der Waals surface area (Å²) in [6.45, 7) is 3.07. The quantitative estimate of drug-likeness (QED) is 0.564. The van der Waals surface area contributed by atoms with Crippen LogP contribution in [0, 0.1) is 12.7 Å². The lowest BCUT2D eigenvalue weighted by atomic mass is 10.2. The Labute approximate surface area is 189 Å². The molecule has 0 atom stereocenters. The van der Waals surface area contributed by atoms with E-state index in [0.717, 1.165) is 41.5 Å². The average molecular weight is 452 g/mol. The molecule has 0 saturated carbocycles. The molecule has 0 aliphatic carbocycles. The fraction of sp³-hybridized carbons (Fsp3) is 0.208.